The van der Waals surface area contributed by atoms with Crippen molar-refractivity contribution < 1.29 is 158 Å². The summed E-state index contributed by atoms with van der Waals surface area (Å²) in [6, 6.07) is 0. The zero-order valence-corrected chi connectivity index (χ0v) is 21.7. The summed E-state index contributed by atoms with van der Waals surface area (Å²) in [7, 11) is -28.0. The third kappa shape index (κ3) is 35000. The maximum absolute atomic E-state index is 8.74. The maximum Gasteiger partial charge on any atom is 1.00 e. The zero-order valence-electron chi connectivity index (χ0n) is 14.7. The number of hydrogen-bond acceptors (Lipinski definition) is 12. The first-order valence-corrected chi connectivity index (χ1v) is 12.6. The quantitative estimate of drug-likeness (QED) is 0.0875. The summed E-state index contributed by atoms with van der Waals surface area (Å²) in [6.07, 6.45) is 0. The molecule has 31 heavy (non-hydrogen) atoms. The molecule has 12 N–H and O–H groups in total. The second-order valence-electron chi connectivity index (χ2n) is 2.69. The molecule has 0 spiro atoms. The van der Waals surface area contributed by atoms with Gasteiger partial charge in [-0.3, -0.25) is 54.6 Å². The molecule has 0 saturated heterocycles. The average molecular weight is 629 g/mol. The predicted molar refractivity (Wildman–Crippen MR) is 86.2 cm³/mol. The van der Waals surface area contributed by atoms with E-state index in [0.717, 1.165) is 0 Å². The Balaban J connectivity index is -0.0000000356. The summed E-state index contributed by atoms with van der Waals surface area (Å²) in [5.74, 6) is 0. The van der Waals surface area contributed by atoms with Crippen molar-refractivity contribution in [2.45, 2.75) is 0 Å². The van der Waals surface area contributed by atoms with Gasteiger partial charge in [0.25, 0.3) is 0 Å². The van der Waals surface area contributed by atoms with Crippen LogP contribution in [0.2, 0.25) is 0 Å². The van der Waals surface area contributed by atoms with Gasteiger partial charge in [0.05, 0.1) is 0 Å². The molecule has 194 valence electrons. The van der Waals surface area contributed by atoms with Gasteiger partial charge in [0.2, 0.25) is 0 Å². The van der Waals surface area contributed by atoms with Gasteiger partial charge in [-0.15, -0.1) is 0 Å². The molecular weight excluding hydrogens is 615 g/mol. The molecule has 0 amide bonds. The Hall–Kier alpha value is 0.856. The van der Waals surface area contributed by atoms with Crippen LogP contribution in [-0.2, 0) is 62.4 Å². The van der Waals surface area contributed by atoms with Crippen LogP contribution in [0, 0.1) is 0 Å². The van der Waals surface area contributed by atoms with Gasteiger partial charge in [0.1, 0.15) is 0 Å². The van der Waals surface area contributed by atoms with Gasteiger partial charge in [-0.1, -0.05) is 0 Å². The monoisotopic (exact) mass is 628 g/mol. The van der Waals surface area contributed by atoms with Crippen LogP contribution in [0.1, 0.15) is 1.43 Å². The minimum atomic E-state index is -4.67. The van der Waals surface area contributed by atoms with E-state index in [-0.39, 0.29) is 52.8 Å². The van der Waals surface area contributed by atoms with Crippen LogP contribution in [0.4, 0.5) is 0 Å². The minimum Gasteiger partial charge on any atom is -1.00 e. The number of rotatable bonds is 0. The molecule has 0 aromatic heterocycles. The van der Waals surface area contributed by atoms with Crippen molar-refractivity contribution in [2.75, 3.05) is 0 Å². The SMILES string of the molecule is O=S(=O)(O)O.O=S(=O)(O)O.O=S(=O)(O)O.O=S(=O)(O)O.O=S(=O)(O)O.O=S(=O)(O)O.[H-].[K+]. The molecule has 0 saturated carbocycles. The summed E-state index contributed by atoms with van der Waals surface area (Å²) in [6.45, 7) is 0. The summed E-state index contributed by atoms with van der Waals surface area (Å²) in [4.78, 5) is 0. The summed E-state index contributed by atoms with van der Waals surface area (Å²) < 4.78 is 190. The molecule has 0 rings (SSSR count). The normalized spacial score (nSPS) is 11.2. The van der Waals surface area contributed by atoms with E-state index in [0.29, 0.717) is 0 Å². The van der Waals surface area contributed by atoms with E-state index in [9.17, 15) is 0 Å². The fraction of sp³-hybridized carbons (Fsp3) is 0. The Bertz CT molecular complexity index is 766. The average Bonchev–Trinajstić information content (AvgIpc) is 1.94. The third-order valence-electron chi connectivity index (χ3n) is 0. The molecule has 24 nitrogen and oxygen atoms in total. The summed E-state index contributed by atoms with van der Waals surface area (Å²) in [5.41, 5.74) is 0. The van der Waals surface area contributed by atoms with E-state index in [4.69, 9.17) is 105 Å². The Labute approximate surface area is 218 Å². The topological polar surface area (TPSA) is 448 Å². The fourth-order valence-electron chi connectivity index (χ4n) is 0. The van der Waals surface area contributed by atoms with Gasteiger partial charge in [0, 0.05) is 0 Å². The van der Waals surface area contributed by atoms with Crippen LogP contribution >= 0.6 is 0 Å². The molecule has 0 heterocycles. The first-order valence-electron chi connectivity index (χ1n) is 4.19. The minimum absolute atomic E-state index is 0. The molecule has 0 aliphatic carbocycles. The fourth-order valence-corrected chi connectivity index (χ4v) is 0. The van der Waals surface area contributed by atoms with Crippen LogP contribution in [0.3, 0.4) is 0 Å². The van der Waals surface area contributed by atoms with Crippen LogP contribution < -0.4 is 51.4 Å². The molecule has 31 heteroatoms. The molecule has 0 aromatic rings. The Kier molecular flexibility index (Phi) is 32.1. The van der Waals surface area contributed by atoms with Gasteiger partial charge >= 0.3 is 114 Å². The van der Waals surface area contributed by atoms with Gasteiger partial charge in [0.15, 0.2) is 0 Å². The van der Waals surface area contributed by atoms with Gasteiger partial charge in [-0.25, -0.2) is 0 Å². The van der Waals surface area contributed by atoms with E-state index in [1.165, 1.54) is 0 Å². The van der Waals surface area contributed by atoms with Crippen molar-refractivity contribution in [1.82, 2.24) is 0 Å². The van der Waals surface area contributed by atoms with Crippen molar-refractivity contribution in [1.29, 1.82) is 0 Å². The van der Waals surface area contributed by atoms with E-state index in [1.54, 1.807) is 0 Å². The predicted octanol–water partition coefficient (Wildman–Crippen LogP) is -6.80. The first-order chi connectivity index (χ1) is 12.0. The molecule has 0 radical (unpaired) electrons. The Morgan fingerprint density at radius 3 is 0.258 bits per heavy atom. The second-order valence-corrected chi connectivity index (χ2v) is 8.06. The van der Waals surface area contributed by atoms with Crippen molar-refractivity contribution in [2.24, 2.45) is 0 Å². The summed E-state index contributed by atoms with van der Waals surface area (Å²) in [5, 5.41) is 0. The summed E-state index contributed by atoms with van der Waals surface area (Å²) >= 11 is 0. The van der Waals surface area contributed by atoms with Gasteiger partial charge in [-0.05, 0) is 0 Å². The number of hydrogen-bond donors (Lipinski definition) is 12. The zero-order chi connectivity index (χ0) is 27.0. The Morgan fingerprint density at radius 2 is 0.258 bits per heavy atom. The van der Waals surface area contributed by atoms with Crippen LogP contribution in [0.5, 0.6) is 0 Å². The maximum atomic E-state index is 8.74. The first kappa shape index (κ1) is 49.1. The van der Waals surface area contributed by atoms with Crippen molar-refractivity contribution in [3.63, 3.8) is 0 Å². The van der Waals surface area contributed by atoms with Crippen LogP contribution in [0.15, 0.2) is 0 Å². The molecule has 0 aliphatic rings. The molecule has 0 fully saturated rings. The second kappa shape index (κ2) is 20.2. The molecule has 0 aliphatic heterocycles. The van der Waals surface area contributed by atoms with Crippen LogP contribution in [-0.4, -0.2) is 105 Å². The molecule has 0 unspecified atom stereocenters. The van der Waals surface area contributed by atoms with Crippen LogP contribution in [0.25, 0.3) is 0 Å². The van der Waals surface area contributed by atoms with E-state index < -0.39 is 62.4 Å². The van der Waals surface area contributed by atoms with E-state index in [2.05, 4.69) is 0 Å². The van der Waals surface area contributed by atoms with E-state index >= 15 is 0 Å². The van der Waals surface area contributed by atoms with Crippen molar-refractivity contribution >= 4 is 62.4 Å². The molecule has 0 bridgehead atoms. The van der Waals surface area contributed by atoms with Crippen molar-refractivity contribution in [3.05, 3.63) is 0 Å². The Morgan fingerprint density at radius 1 is 0.258 bits per heavy atom. The molecule has 0 atom stereocenters. The van der Waals surface area contributed by atoms with E-state index in [1.807, 2.05) is 0 Å². The van der Waals surface area contributed by atoms with Crippen molar-refractivity contribution in [3.8, 4) is 0 Å². The molecule has 0 aromatic carbocycles. The third-order valence-corrected chi connectivity index (χ3v) is 0. The smallest absolute Gasteiger partial charge is 1.00 e. The molecular formula is H13KO24S6. The van der Waals surface area contributed by atoms with Gasteiger partial charge < -0.3 is 1.43 Å². The largest absolute Gasteiger partial charge is 1.00 e. The standard InChI is InChI=1S/K.6H2O4S.H/c;6*1-5(2,3)4;/h;6*(H2,1,2,3,4);/q+1;;;;;;;-1. The van der Waals surface area contributed by atoms with Gasteiger partial charge in [-0.2, -0.15) is 50.5 Å².